The lowest BCUT2D eigenvalue weighted by Gasteiger charge is -2.11. The molecule has 0 aliphatic carbocycles. The molecule has 0 unspecified atom stereocenters. The van der Waals surface area contributed by atoms with Gasteiger partial charge in [-0.05, 0) is 48.7 Å². The highest BCUT2D eigenvalue weighted by Gasteiger charge is 2.19. The molecule has 0 saturated heterocycles. The molecule has 0 atom stereocenters. The van der Waals surface area contributed by atoms with Gasteiger partial charge in [-0.25, -0.2) is 0 Å². The van der Waals surface area contributed by atoms with Gasteiger partial charge in [0.15, 0.2) is 0 Å². The van der Waals surface area contributed by atoms with Crippen molar-refractivity contribution in [1.82, 2.24) is 4.57 Å². The summed E-state index contributed by atoms with van der Waals surface area (Å²) < 4.78 is 7.26. The molecule has 3 aromatic rings. The van der Waals surface area contributed by atoms with Crippen LogP contribution in [-0.2, 0) is 13.5 Å². The van der Waals surface area contributed by atoms with Gasteiger partial charge in [0.05, 0.1) is 12.8 Å². The number of fused-ring (bicyclic) bond motifs is 1. The number of carbonyl (C=O) groups excluding carboxylic acids is 1. The molecule has 0 aliphatic heterocycles. The third-order valence-corrected chi connectivity index (χ3v) is 4.50. The van der Waals surface area contributed by atoms with Gasteiger partial charge in [-0.2, -0.15) is 0 Å². The van der Waals surface area contributed by atoms with Gasteiger partial charge in [0.25, 0.3) is 5.91 Å². The molecule has 4 nitrogen and oxygen atoms in total. The predicted molar refractivity (Wildman–Crippen MR) is 98.0 cm³/mol. The van der Waals surface area contributed by atoms with Crippen LogP contribution in [0.25, 0.3) is 10.9 Å². The van der Waals surface area contributed by atoms with Crippen LogP contribution in [0.1, 0.15) is 28.5 Å². The Morgan fingerprint density at radius 2 is 1.96 bits per heavy atom. The van der Waals surface area contributed by atoms with Crippen LogP contribution >= 0.6 is 0 Å². The largest absolute Gasteiger partial charge is 0.495 e. The van der Waals surface area contributed by atoms with Crippen LogP contribution in [0.3, 0.4) is 0 Å². The fourth-order valence-corrected chi connectivity index (χ4v) is 3.15. The van der Waals surface area contributed by atoms with Gasteiger partial charge < -0.3 is 14.6 Å². The number of hydrogen-bond donors (Lipinski definition) is 1. The Bertz CT molecular complexity index is 909. The number of anilines is 1. The average Bonchev–Trinajstić information content (AvgIpc) is 2.85. The van der Waals surface area contributed by atoms with E-state index in [1.165, 1.54) is 5.56 Å². The van der Waals surface area contributed by atoms with Crippen molar-refractivity contribution in [2.75, 3.05) is 12.4 Å². The van der Waals surface area contributed by atoms with Crippen molar-refractivity contribution in [3.8, 4) is 5.75 Å². The monoisotopic (exact) mass is 322 g/mol. The molecule has 2 aromatic carbocycles. The van der Waals surface area contributed by atoms with Gasteiger partial charge in [0, 0.05) is 18.0 Å². The quantitative estimate of drug-likeness (QED) is 0.778. The van der Waals surface area contributed by atoms with E-state index in [1.54, 1.807) is 7.11 Å². The van der Waals surface area contributed by atoms with Crippen molar-refractivity contribution in [2.45, 2.75) is 20.3 Å². The van der Waals surface area contributed by atoms with Crippen molar-refractivity contribution in [2.24, 2.45) is 7.05 Å². The standard InChI is InChI=1S/C20H22N2O2/c1-5-14-10-11-17-15(12-14)13(2)19(22(17)3)20(23)21-16-8-6-7-9-18(16)24-4/h6-12H,5H2,1-4H3,(H,21,23). The van der Waals surface area contributed by atoms with E-state index in [2.05, 4.69) is 30.4 Å². The number of nitrogens with one attached hydrogen (secondary N) is 1. The van der Waals surface area contributed by atoms with Gasteiger partial charge in [-0.3, -0.25) is 4.79 Å². The normalized spacial score (nSPS) is 10.8. The Hall–Kier alpha value is -2.75. The van der Waals surface area contributed by atoms with E-state index in [9.17, 15) is 4.79 Å². The van der Waals surface area contributed by atoms with Crippen LogP contribution in [0, 0.1) is 6.92 Å². The van der Waals surface area contributed by atoms with Gasteiger partial charge in [0.1, 0.15) is 11.4 Å². The lowest BCUT2D eigenvalue weighted by Crippen LogP contribution is -2.17. The molecular formula is C20H22N2O2. The summed E-state index contributed by atoms with van der Waals surface area (Å²) in [7, 11) is 3.53. The first-order valence-electron chi connectivity index (χ1n) is 8.09. The molecule has 1 N–H and O–H groups in total. The second kappa shape index (κ2) is 6.40. The number of methoxy groups -OCH3 is 1. The molecule has 0 spiro atoms. The third-order valence-electron chi connectivity index (χ3n) is 4.50. The van der Waals surface area contributed by atoms with E-state index < -0.39 is 0 Å². The molecule has 0 bridgehead atoms. The zero-order chi connectivity index (χ0) is 17.3. The second-order valence-corrected chi connectivity index (χ2v) is 5.89. The summed E-state index contributed by atoms with van der Waals surface area (Å²) in [4.78, 5) is 12.9. The van der Waals surface area contributed by atoms with E-state index >= 15 is 0 Å². The summed E-state index contributed by atoms with van der Waals surface area (Å²) in [6, 6.07) is 13.8. The van der Waals surface area contributed by atoms with E-state index in [-0.39, 0.29) is 5.91 Å². The number of para-hydroxylation sites is 2. The van der Waals surface area contributed by atoms with E-state index in [4.69, 9.17) is 4.74 Å². The number of benzene rings is 2. The fourth-order valence-electron chi connectivity index (χ4n) is 3.15. The average molecular weight is 322 g/mol. The molecule has 4 heteroatoms. The molecule has 0 fully saturated rings. The smallest absolute Gasteiger partial charge is 0.272 e. The maximum Gasteiger partial charge on any atom is 0.272 e. The summed E-state index contributed by atoms with van der Waals surface area (Å²) in [6.45, 7) is 4.13. The zero-order valence-corrected chi connectivity index (χ0v) is 14.5. The number of ether oxygens (including phenoxy) is 1. The summed E-state index contributed by atoms with van der Waals surface area (Å²) >= 11 is 0. The van der Waals surface area contributed by atoms with Crippen molar-refractivity contribution in [3.63, 3.8) is 0 Å². The predicted octanol–water partition coefficient (Wildman–Crippen LogP) is 4.31. The zero-order valence-electron chi connectivity index (χ0n) is 14.5. The number of aromatic nitrogens is 1. The molecule has 3 rings (SSSR count). The molecule has 1 aromatic heterocycles. The number of rotatable bonds is 4. The maximum atomic E-state index is 12.9. The lowest BCUT2D eigenvalue weighted by molar-refractivity contribution is 0.101. The number of hydrogen-bond acceptors (Lipinski definition) is 2. The third kappa shape index (κ3) is 2.64. The molecule has 0 radical (unpaired) electrons. The molecule has 0 saturated carbocycles. The Labute approximate surface area is 142 Å². The molecule has 124 valence electrons. The Morgan fingerprint density at radius 3 is 2.67 bits per heavy atom. The van der Waals surface area contributed by atoms with Crippen molar-refractivity contribution in [3.05, 3.63) is 59.3 Å². The van der Waals surface area contributed by atoms with Crippen LogP contribution in [0.4, 0.5) is 5.69 Å². The maximum absolute atomic E-state index is 12.9. The highest BCUT2D eigenvalue weighted by Crippen LogP contribution is 2.28. The van der Waals surface area contributed by atoms with E-state index in [1.807, 2.05) is 42.8 Å². The highest BCUT2D eigenvalue weighted by molar-refractivity contribution is 6.08. The first-order valence-corrected chi connectivity index (χ1v) is 8.09. The molecule has 1 amide bonds. The van der Waals surface area contributed by atoms with Crippen molar-refractivity contribution >= 4 is 22.5 Å². The van der Waals surface area contributed by atoms with Gasteiger partial charge >= 0.3 is 0 Å². The Kier molecular flexibility index (Phi) is 4.30. The van der Waals surface area contributed by atoms with Crippen LogP contribution in [-0.4, -0.2) is 17.6 Å². The molecule has 1 heterocycles. The van der Waals surface area contributed by atoms with Crippen molar-refractivity contribution < 1.29 is 9.53 Å². The van der Waals surface area contributed by atoms with Crippen molar-refractivity contribution in [1.29, 1.82) is 0 Å². The first kappa shape index (κ1) is 16.1. The number of aryl methyl sites for hydroxylation is 3. The minimum absolute atomic E-state index is 0.131. The Balaban J connectivity index is 2.04. The summed E-state index contributed by atoms with van der Waals surface area (Å²) in [5.41, 5.74) is 4.67. The number of carbonyl (C=O) groups is 1. The second-order valence-electron chi connectivity index (χ2n) is 5.89. The Morgan fingerprint density at radius 1 is 1.21 bits per heavy atom. The topological polar surface area (TPSA) is 43.3 Å². The summed E-state index contributed by atoms with van der Waals surface area (Å²) in [5.74, 6) is 0.518. The van der Waals surface area contributed by atoms with E-state index in [0.29, 0.717) is 17.1 Å². The van der Waals surface area contributed by atoms with E-state index in [0.717, 1.165) is 22.9 Å². The highest BCUT2D eigenvalue weighted by atomic mass is 16.5. The molecular weight excluding hydrogens is 300 g/mol. The van der Waals surface area contributed by atoms with Gasteiger partial charge in [0.2, 0.25) is 0 Å². The van der Waals surface area contributed by atoms with Gasteiger partial charge in [-0.1, -0.05) is 25.1 Å². The fraction of sp³-hybridized carbons (Fsp3) is 0.250. The number of amides is 1. The SMILES string of the molecule is CCc1ccc2c(c1)c(C)c(C(=O)Nc1ccccc1OC)n2C. The van der Waals surface area contributed by atoms with Crippen LogP contribution in [0.15, 0.2) is 42.5 Å². The lowest BCUT2D eigenvalue weighted by atomic mass is 10.1. The first-order chi connectivity index (χ1) is 11.6. The molecule has 24 heavy (non-hydrogen) atoms. The van der Waals surface area contributed by atoms with Crippen LogP contribution in [0.2, 0.25) is 0 Å². The summed E-state index contributed by atoms with van der Waals surface area (Å²) in [6.07, 6.45) is 0.979. The van der Waals surface area contributed by atoms with Crippen LogP contribution in [0.5, 0.6) is 5.75 Å². The minimum Gasteiger partial charge on any atom is -0.495 e. The summed E-state index contributed by atoms with van der Waals surface area (Å²) in [5, 5.41) is 4.09. The van der Waals surface area contributed by atoms with Gasteiger partial charge in [-0.15, -0.1) is 0 Å². The minimum atomic E-state index is -0.131. The molecule has 0 aliphatic rings. The number of nitrogens with zero attached hydrogens (tertiary/aromatic N) is 1. The van der Waals surface area contributed by atoms with Crippen LogP contribution < -0.4 is 10.1 Å².